The topological polar surface area (TPSA) is 59.9 Å². The summed E-state index contributed by atoms with van der Waals surface area (Å²) >= 11 is 1.58. The second kappa shape index (κ2) is 10.6. The maximum atomic E-state index is 12.1. The molecule has 0 spiro atoms. The van der Waals surface area contributed by atoms with Crippen molar-refractivity contribution >= 4 is 23.4 Å². The third-order valence-corrected chi connectivity index (χ3v) is 5.10. The lowest BCUT2D eigenvalue weighted by Crippen LogP contribution is -2.22. The quantitative estimate of drug-likeness (QED) is 0.519. The molecule has 144 valence electrons. The summed E-state index contributed by atoms with van der Waals surface area (Å²) < 4.78 is 10.6. The number of benzene rings is 2. The molecule has 0 radical (unpaired) electrons. The molecule has 6 heteroatoms. The average molecular weight is 387 g/mol. The summed E-state index contributed by atoms with van der Waals surface area (Å²) in [6.07, 6.45) is 0.687. The van der Waals surface area contributed by atoms with Crippen molar-refractivity contribution in [1.29, 1.82) is 0 Å². The molecular weight excluding hydrogens is 360 g/mol. The molecule has 0 heterocycles. The molecule has 1 amide bonds. The predicted molar refractivity (Wildman–Crippen MR) is 112 cm³/mol. The van der Waals surface area contributed by atoms with Crippen LogP contribution in [-0.2, 0) is 10.5 Å². The highest BCUT2D eigenvalue weighted by molar-refractivity contribution is 7.99. The number of aryl methyl sites for hydroxylation is 1. The zero-order valence-corrected chi connectivity index (χ0v) is 17.1. The summed E-state index contributed by atoms with van der Waals surface area (Å²) in [5.74, 6) is 2.35. The molecule has 2 aromatic carbocycles. The highest BCUT2D eigenvalue weighted by atomic mass is 32.2. The second-order valence-corrected chi connectivity index (χ2v) is 6.92. The molecular formula is C21H26N2O3S. The Kier molecular flexibility index (Phi) is 8.20. The SMILES string of the molecule is CC/C(=N/NC(=O)CSCc1ccccc1C)c1ccc(OC)c(OC)c1. The summed E-state index contributed by atoms with van der Waals surface area (Å²) in [7, 11) is 3.19. The number of ether oxygens (including phenoxy) is 2. The molecule has 2 rings (SSSR count). The van der Waals surface area contributed by atoms with Crippen LogP contribution in [0.2, 0.25) is 0 Å². The van der Waals surface area contributed by atoms with Crippen molar-refractivity contribution in [3.05, 3.63) is 59.2 Å². The molecule has 1 N–H and O–H groups in total. The average Bonchev–Trinajstić information content (AvgIpc) is 2.69. The number of thioether (sulfide) groups is 1. The standard InChI is InChI=1S/C21H26N2O3S/c1-5-18(16-10-11-19(25-3)20(12-16)26-4)22-23-21(24)14-27-13-17-9-7-6-8-15(17)2/h6-12H,5,13-14H2,1-4H3,(H,23,24)/b22-18-. The number of carbonyl (C=O) groups is 1. The Bertz CT molecular complexity index is 806. The van der Waals surface area contributed by atoms with Crippen molar-refractivity contribution < 1.29 is 14.3 Å². The lowest BCUT2D eigenvalue weighted by atomic mass is 10.1. The summed E-state index contributed by atoms with van der Waals surface area (Å²) in [6, 6.07) is 13.8. The third-order valence-electron chi connectivity index (χ3n) is 4.12. The Morgan fingerprint density at radius 1 is 1.11 bits per heavy atom. The van der Waals surface area contributed by atoms with Crippen molar-refractivity contribution in [3.8, 4) is 11.5 Å². The van der Waals surface area contributed by atoms with E-state index in [0.29, 0.717) is 23.7 Å². The van der Waals surface area contributed by atoms with E-state index in [1.165, 1.54) is 11.1 Å². The number of hydrazone groups is 1. The molecule has 5 nitrogen and oxygen atoms in total. The molecule has 0 aliphatic carbocycles. The fraction of sp³-hybridized carbons (Fsp3) is 0.333. The van der Waals surface area contributed by atoms with Gasteiger partial charge in [0, 0.05) is 11.3 Å². The molecule has 0 saturated carbocycles. The minimum atomic E-state index is -0.111. The molecule has 0 fully saturated rings. The normalized spacial score (nSPS) is 11.2. The number of nitrogens with zero attached hydrogens (tertiary/aromatic N) is 1. The van der Waals surface area contributed by atoms with E-state index in [2.05, 4.69) is 29.6 Å². The van der Waals surface area contributed by atoms with Crippen LogP contribution in [0.25, 0.3) is 0 Å². The van der Waals surface area contributed by atoms with Gasteiger partial charge in [0.05, 0.1) is 25.7 Å². The molecule has 0 aliphatic heterocycles. The zero-order valence-electron chi connectivity index (χ0n) is 16.2. The predicted octanol–water partition coefficient (Wildman–Crippen LogP) is 4.18. The van der Waals surface area contributed by atoms with Crippen molar-refractivity contribution in [3.63, 3.8) is 0 Å². The van der Waals surface area contributed by atoms with Crippen LogP contribution >= 0.6 is 11.8 Å². The van der Waals surface area contributed by atoms with Gasteiger partial charge in [-0.25, -0.2) is 5.43 Å². The van der Waals surface area contributed by atoms with Crippen molar-refractivity contribution in [1.82, 2.24) is 5.43 Å². The lowest BCUT2D eigenvalue weighted by Gasteiger charge is -2.11. The molecule has 0 aliphatic rings. The van der Waals surface area contributed by atoms with Crippen LogP contribution in [0, 0.1) is 6.92 Å². The first-order valence-electron chi connectivity index (χ1n) is 8.79. The van der Waals surface area contributed by atoms with Crippen molar-refractivity contribution in [2.45, 2.75) is 26.0 Å². The molecule has 27 heavy (non-hydrogen) atoms. The summed E-state index contributed by atoms with van der Waals surface area (Å²) in [5, 5.41) is 4.29. The van der Waals surface area contributed by atoms with Gasteiger partial charge in [-0.1, -0.05) is 31.2 Å². The molecule has 0 aromatic heterocycles. The van der Waals surface area contributed by atoms with E-state index < -0.39 is 0 Å². The smallest absolute Gasteiger partial charge is 0.250 e. The van der Waals surface area contributed by atoms with E-state index in [-0.39, 0.29) is 5.91 Å². The Balaban J connectivity index is 1.94. The van der Waals surface area contributed by atoms with E-state index in [1.54, 1.807) is 26.0 Å². The molecule has 0 atom stereocenters. The van der Waals surface area contributed by atoms with Crippen LogP contribution in [0.3, 0.4) is 0 Å². The second-order valence-electron chi connectivity index (χ2n) is 5.94. The first-order valence-corrected chi connectivity index (χ1v) is 9.94. The van der Waals surface area contributed by atoms with Gasteiger partial charge in [0.25, 0.3) is 0 Å². The van der Waals surface area contributed by atoms with Gasteiger partial charge < -0.3 is 9.47 Å². The number of rotatable bonds is 9. The summed E-state index contributed by atoms with van der Waals surface area (Å²) in [6.45, 7) is 4.07. The van der Waals surface area contributed by atoms with Gasteiger partial charge in [0.1, 0.15) is 0 Å². The van der Waals surface area contributed by atoms with Gasteiger partial charge >= 0.3 is 0 Å². The third kappa shape index (κ3) is 6.03. The van der Waals surface area contributed by atoms with E-state index in [4.69, 9.17) is 9.47 Å². The van der Waals surface area contributed by atoms with Gasteiger partial charge in [-0.3, -0.25) is 4.79 Å². The number of methoxy groups -OCH3 is 2. The molecule has 2 aromatic rings. The number of amides is 1. The minimum Gasteiger partial charge on any atom is -0.493 e. The summed E-state index contributed by atoms with van der Waals surface area (Å²) in [5.41, 5.74) is 6.82. The maximum absolute atomic E-state index is 12.1. The van der Waals surface area contributed by atoms with Crippen LogP contribution in [-0.4, -0.2) is 31.6 Å². The number of nitrogens with one attached hydrogen (secondary N) is 1. The Hall–Kier alpha value is -2.47. The van der Waals surface area contributed by atoms with Crippen molar-refractivity contribution in [2.75, 3.05) is 20.0 Å². The molecule has 0 bridgehead atoms. The van der Waals surface area contributed by atoms with Crippen LogP contribution in [0.5, 0.6) is 11.5 Å². The first-order chi connectivity index (χ1) is 13.1. The molecule has 0 saturated heterocycles. The highest BCUT2D eigenvalue weighted by Crippen LogP contribution is 2.28. The largest absolute Gasteiger partial charge is 0.493 e. The Morgan fingerprint density at radius 2 is 1.85 bits per heavy atom. The Morgan fingerprint density at radius 3 is 2.52 bits per heavy atom. The van der Waals surface area contributed by atoms with E-state index >= 15 is 0 Å². The number of carbonyl (C=O) groups excluding carboxylic acids is 1. The van der Waals surface area contributed by atoms with Crippen LogP contribution in [0.15, 0.2) is 47.6 Å². The van der Waals surface area contributed by atoms with E-state index in [0.717, 1.165) is 17.0 Å². The van der Waals surface area contributed by atoms with E-state index in [1.807, 2.05) is 37.3 Å². The van der Waals surface area contributed by atoms with Gasteiger partial charge in [0.15, 0.2) is 11.5 Å². The fourth-order valence-corrected chi connectivity index (χ4v) is 3.45. The lowest BCUT2D eigenvalue weighted by molar-refractivity contribution is -0.118. The molecule has 0 unspecified atom stereocenters. The van der Waals surface area contributed by atoms with Gasteiger partial charge in [-0.15, -0.1) is 11.8 Å². The maximum Gasteiger partial charge on any atom is 0.250 e. The van der Waals surface area contributed by atoms with Crippen LogP contribution < -0.4 is 14.9 Å². The van der Waals surface area contributed by atoms with Crippen LogP contribution in [0.1, 0.15) is 30.0 Å². The van der Waals surface area contributed by atoms with E-state index in [9.17, 15) is 4.79 Å². The van der Waals surface area contributed by atoms with Crippen LogP contribution in [0.4, 0.5) is 0 Å². The van der Waals surface area contributed by atoms with Gasteiger partial charge in [-0.05, 0) is 42.7 Å². The number of hydrogen-bond donors (Lipinski definition) is 1. The minimum absolute atomic E-state index is 0.111. The summed E-state index contributed by atoms with van der Waals surface area (Å²) in [4.78, 5) is 12.1. The van der Waals surface area contributed by atoms with Crippen molar-refractivity contribution in [2.24, 2.45) is 5.10 Å². The van der Waals surface area contributed by atoms with Gasteiger partial charge in [-0.2, -0.15) is 5.10 Å². The Labute approximate surface area is 165 Å². The number of hydrogen-bond acceptors (Lipinski definition) is 5. The fourth-order valence-electron chi connectivity index (χ4n) is 2.55. The first kappa shape index (κ1) is 20.8. The van der Waals surface area contributed by atoms with Gasteiger partial charge in [0.2, 0.25) is 5.91 Å². The highest BCUT2D eigenvalue weighted by Gasteiger charge is 2.09. The zero-order chi connectivity index (χ0) is 19.6. The monoisotopic (exact) mass is 386 g/mol.